The molecular formula is C8H8N2OS. The minimum absolute atomic E-state index is 0.213. The molecule has 62 valence electrons. The first-order chi connectivity index (χ1) is 5.83. The number of rotatable bonds is 1. The van der Waals surface area contributed by atoms with Crippen molar-refractivity contribution in [3.8, 4) is 11.8 Å². The summed E-state index contributed by atoms with van der Waals surface area (Å²) in [4.78, 5) is 10.6. The van der Waals surface area contributed by atoms with E-state index in [1.54, 1.807) is 6.07 Å². The van der Waals surface area contributed by atoms with Crippen LogP contribution in [0.5, 0.6) is 0 Å². The van der Waals surface area contributed by atoms with Crippen molar-refractivity contribution in [3.05, 3.63) is 28.2 Å². The standard InChI is InChI=1S/C8H8N2OS/c11-8-5-4-7(9-10-8)3-1-2-6-12/h4-5,12H,2,6H2,(H,10,11). The number of hydrogen-bond acceptors (Lipinski definition) is 3. The molecule has 1 rings (SSSR count). The second kappa shape index (κ2) is 4.62. The molecule has 4 heteroatoms. The van der Waals surface area contributed by atoms with Crippen LogP contribution < -0.4 is 5.56 Å². The molecule has 12 heavy (non-hydrogen) atoms. The van der Waals surface area contributed by atoms with Gasteiger partial charge in [0.15, 0.2) is 0 Å². The molecule has 0 unspecified atom stereocenters. The van der Waals surface area contributed by atoms with Gasteiger partial charge in [0.05, 0.1) is 0 Å². The average Bonchev–Trinajstić information content (AvgIpc) is 2.09. The van der Waals surface area contributed by atoms with Crippen LogP contribution in [0.2, 0.25) is 0 Å². The summed E-state index contributed by atoms with van der Waals surface area (Å²) in [6, 6.07) is 2.99. The van der Waals surface area contributed by atoms with Gasteiger partial charge in [0.2, 0.25) is 0 Å². The quantitative estimate of drug-likeness (QED) is 0.486. The van der Waals surface area contributed by atoms with Crippen molar-refractivity contribution in [1.82, 2.24) is 10.2 Å². The molecule has 0 fully saturated rings. The molecule has 0 radical (unpaired) electrons. The first-order valence-electron chi connectivity index (χ1n) is 3.48. The summed E-state index contributed by atoms with van der Waals surface area (Å²) < 4.78 is 0. The van der Waals surface area contributed by atoms with Crippen molar-refractivity contribution >= 4 is 12.6 Å². The predicted molar refractivity (Wildman–Crippen MR) is 50.2 cm³/mol. The Morgan fingerprint density at radius 1 is 1.58 bits per heavy atom. The summed E-state index contributed by atoms with van der Waals surface area (Å²) in [6.45, 7) is 0. The van der Waals surface area contributed by atoms with Crippen molar-refractivity contribution in [2.24, 2.45) is 0 Å². The van der Waals surface area contributed by atoms with Crippen LogP contribution in [0.3, 0.4) is 0 Å². The van der Waals surface area contributed by atoms with Gasteiger partial charge in [-0.25, -0.2) is 5.10 Å². The van der Waals surface area contributed by atoms with Crippen LogP contribution in [0.15, 0.2) is 16.9 Å². The van der Waals surface area contributed by atoms with Gasteiger partial charge in [-0.15, -0.1) is 0 Å². The van der Waals surface area contributed by atoms with Crippen LogP contribution in [-0.4, -0.2) is 16.0 Å². The third-order valence-electron chi connectivity index (χ3n) is 1.13. The Morgan fingerprint density at radius 2 is 2.42 bits per heavy atom. The minimum atomic E-state index is -0.213. The predicted octanol–water partition coefficient (Wildman–Crippen LogP) is 0.441. The van der Waals surface area contributed by atoms with Crippen LogP contribution in [0.1, 0.15) is 12.1 Å². The Balaban J connectivity index is 2.72. The molecule has 0 aromatic carbocycles. The minimum Gasteiger partial charge on any atom is -0.268 e. The summed E-state index contributed by atoms with van der Waals surface area (Å²) >= 11 is 4.00. The molecule has 0 aliphatic carbocycles. The second-order valence-electron chi connectivity index (χ2n) is 2.08. The van der Waals surface area contributed by atoms with Crippen molar-refractivity contribution < 1.29 is 0 Å². The van der Waals surface area contributed by atoms with E-state index in [1.807, 2.05) is 0 Å². The topological polar surface area (TPSA) is 45.8 Å². The Bertz CT molecular complexity index is 341. The number of H-pyrrole nitrogens is 1. The molecule has 1 heterocycles. The highest BCUT2D eigenvalue weighted by Crippen LogP contribution is 1.85. The maximum absolute atomic E-state index is 10.6. The largest absolute Gasteiger partial charge is 0.268 e. The van der Waals surface area contributed by atoms with Crippen LogP contribution in [-0.2, 0) is 0 Å². The van der Waals surface area contributed by atoms with E-state index in [0.717, 1.165) is 12.2 Å². The van der Waals surface area contributed by atoms with E-state index in [1.165, 1.54) is 6.07 Å². The molecule has 0 aliphatic rings. The normalized spacial score (nSPS) is 8.75. The SMILES string of the molecule is O=c1ccc(C#CCCS)n[nH]1. The Hall–Kier alpha value is -1.21. The maximum atomic E-state index is 10.6. The van der Waals surface area contributed by atoms with Crippen LogP contribution in [0.25, 0.3) is 0 Å². The summed E-state index contributed by atoms with van der Waals surface area (Å²) in [6.07, 6.45) is 0.726. The van der Waals surface area contributed by atoms with Gasteiger partial charge >= 0.3 is 0 Å². The summed E-state index contributed by atoms with van der Waals surface area (Å²) in [5.41, 5.74) is 0.367. The Labute approximate surface area is 75.6 Å². The van der Waals surface area contributed by atoms with E-state index in [9.17, 15) is 4.79 Å². The number of aromatic nitrogens is 2. The molecule has 1 N–H and O–H groups in total. The highest BCUT2D eigenvalue weighted by atomic mass is 32.1. The molecule has 0 spiro atoms. The van der Waals surface area contributed by atoms with Crippen molar-refractivity contribution in [1.29, 1.82) is 0 Å². The molecule has 0 atom stereocenters. The number of hydrogen-bond donors (Lipinski definition) is 2. The van der Waals surface area contributed by atoms with Crippen molar-refractivity contribution in [2.45, 2.75) is 6.42 Å². The summed E-state index contributed by atoms with van der Waals surface area (Å²) in [7, 11) is 0. The van der Waals surface area contributed by atoms with E-state index in [-0.39, 0.29) is 5.56 Å². The van der Waals surface area contributed by atoms with Crippen LogP contribution >= 0.6 is 12.6 Å². The maximum Gasteiger partial charge on any atom is 0.264 e. The molecular weight excluding hydrogens is 172 g/mol. The molecule has 0 bridgehead atoms. The van der Waals surface area contributed by atoms with Gasteiger partial charge in [-0.3, -0.25) is 4.79 Å². The van der Waals surface area contributed by atoms with E-state index in [0.29, 0.717) is 5.69 Å². The van der Waals surface area contributed by atoms with Crippen LogP contribution in [0, 0.1) is 11.8 Å². The van der Waals surface area contributed by atoms with E-state index >= 15 is 0 Å². The van der Waals surface area contributed by atoms with Crippen LogP contribution in [0.4, 0.5) is 0 Å². The lowest BCUT2D eigenvalue weighted by Gasteiger charge is -1.84. The van der Waals surface area contributed by atoms with Gasteiger partial charge in [-0.1, -0.05) is 5.92 Å². The van der Waals surface area contributed by atoms with Gasteiger partial charge in [0.1, 0.15) is 5.69 Å². The van der Waals surface area contributed by atoms with Gasteiger partial charge in [0, 0.05) is 18.2 Å². The molecule has 1 aromatic heterocycles. The first kappa shape index (κ1) is 8.88. The highest BCUT2D eigenvalue weighted by molar-refractivity contribution is 7.80. The Morgan fingerprint density at radius 3 is 3.00 bits per heavy atom. The zero-order valence-corrected chi connectivity index (χ0v) is 7.27. The smallest absolute Gasteiger partial charge is 0.264 e. The molecule has 0 aliphatic heterocycles. The van der Waals surface area contributed by atoms with Gasteiger partial charge in [0.25, 0.3) is 5.56 Å². The number of thiol groups is 1. The van der Waals surface area contributed by atoms with Gasteiger partial charge in [-0.2, -0.15) is 17.7 Å². The third-order valence-corrected chi connectivity index (χ3v) is 1.36. The lowest BCUT2D eigenvalue weighted by molar-refractivity contribution is 0.973. The fraction of sp³-hybridized carbons (Fsp3) is 0.250. The molecule has 1 aromatic rings. The molecule has 0 saturated heterocycles. The van der Waals surface area contributed by atoms with E-state index in [4.69, 9.17) is 0 Å². The fourth-order valence-corrected chi connectivity index (χ4v) is 0.735. The monoisotopic (exact) mass is 180 g/mol. The summed E-state index contributed by atoms with van der Waals surface area (Å²) in [5, 5.41) is 6.01. The second-order valence-corrected chi connectivity index (χ2v) is 2.53. The highest BCUT2D eigenvalue weighted by Gasteiger charge is 1.85. The van der Waals surface area contributed by atoms with Gasteiger partial charge in [-0.05, 0) is 12.0 Å². The lowest BCUT2D eigenvalue weighted by atomic mass is 10.3. The van der Waals surface area contributed by atoms with Crippen molar-refractivity contribution in [3.63, 3.8) is 0 Å². The van der Waals surface area contributed by atoms with E-state index < -0.39 is 0 Å². The van der Waals surface area contributed by atoms with Gasteiger partial charge < -0.3 is 0 Å². The van der Waals surface area contributed by atoms with Crippen molar-refractivity contribution in [2.75, 3.05) is 5.75 Å². The number of aromatic amines is 1. The zero-order chi connectivity index (χ0) is 8.81. The molecule has 0 saturated carbocycles. The average molecular weight is 180 g/mol. The lowest BCUT2D eigenvalue weighted by Crippen LogP contribution is -2.05. The first-order valence-corrected chi connectivity index (χ1v) is 4.11. The number of nitrogens with zero attached hydrogens (tertiary/aromatic N) is 1. The van der Waals surface area contributed by atoms with E-state index in [2.05, 4.69) is 34.7 Å². The zero-order valence-electron chi connectivity index (χ0n) is 6.37. The number of nitrogens with one attached hydrogen (secondary N) is 1. The fourth-order valence-electron chi connectivity index (χ4n) is 0.623. The summed E-state index contributed by atoms with van der Waals surface area (Å²) in [5.74, 6) is 6.39. The molecule has 0 amide bonds. The molecule has 3 nitrogen and oxygen atoms in total. The Kier molecular flexibility index (Phi) is 3.42. The third kappa shape index (κ3) is 2.81.